The summed E-state index contributed by atoms with van der Waals surface area (Å²) in [7, 11) is -4.05. The van der Waals surface area contributed by atoms with Crippen molar-refractivity contribution in [3.8, 4) is 5.75 Å². The van der Waals surface area contributed by atoms with Crippen molar-refractivity contribution in [2.24, 2.45) is 0 Å². The summed E-state index contributed by atoms with van der Waals surface area (Å²) in [6, 6.07) is 11.9. The van der Waals surface area contributed by atoms with Crippen molar-refractivity contribution in [2.75, 3.05) is 10.6 Å². The average Bonchev–Trinajstić information content (AvgIpc) is 2.79. The average molecular weight is 539 g/mol. The van der Waals surface area contributed by atoms with Crippen molar-refractivity contribution in [1.82, 2.24) is 0 Å². The van der Waals surface area contributed by atoms with Crippen LogP contribution in [0.25, 0.3) is 0 Å². The van der Waals surface area contributed by atoms with Gasteiger partial charge in [-0.15, -0.1) is 0 Å². The fourth-order valence-electron chi connectivity index (χ4n) is 3.31. The molecule has 0 aliphatic rings. The number of carbonyl (C=O) groups excluding carboxylic acids is 2. The number of nitrogens with one attached hydrogen (secondary N) is 2. The van der Waals surface area contributed by atoms with Crippen molar-refractivity contribution in [1.29, 1.82) is 0 Å². The maximum Gasteiger partial charge on any atom is 0.255 e. The molecule has 0 spiro atoms. The Morgan fingerprint density at radius 3 is 2.34 bits per heavy atom. The van der Waals surface area contributed by atoms with Crippen LogP contribution in [0.5, 0.6) is 5.75 Å². The van der Waals surface area contributed by atoms with E-state index in [1.165, 1.54) is 37.3 Å². The van der Waals surface area contributed by atoms with Crippen LogP contribution in [-0.2, 0) is 14.6 Å². The molecule has 0 heterocycles. The van der Waals surface area contributed by atoms with E-state index in [0.717, 1.165) is 12.1 Å². The zero-order valence-corrected chi connectivity index (χ0v) is 20.9. The Hall–Kier alpha value is -3.14. The molecule has 3 aromatic rings. The number of sulfone groups is 1. The maximum atomic E-state index is 14.7. The van der Waals surface area contributed by atoms with Gasteiger partial charge in [-0.3, -0.25) is 9.59 Å². The zero-order valence-electron chi connectivity index (χ0n) is 18.6. The number of hydrogen-bond acceptors (Lipinski definition) is 5. The molecule has 0 radical (unpaired) electrons. The minimum absolute atomic E-state index is 0.0248. The highest BCUT2D eigenvalue weighted by molar-refractivity contribution is 7.92. The molecule has 0 aliphatic carbocycles. The smallest absolute Gasteiger partial charge is 0.255 e. The first-order valence-electron chi connectivity index (χ1n) is 10.3. The standard InChI is InChI=1S/C24H21Cl2FN2O5S/c1-3-22(35(33,34)15-6-4-5-13(2)9-15)24(32)28-19-12-21(30)20(11-18(19)27)29-23(31)14-7-8-16(25)17(26)10-14/h4-12,22,30H,3H2,1-2H3,(H,28,32)(H,29,31). The van der Waals surface area contributed by atoms with Gasteiger partial charge in [-0.2, -0.15) is 0 Å². The molecule has 0 bridgehead atoms. The second-order valence-corrected chi connectivity index (χ2v) is 10.6. The first-order valence-corrected chi connectivity index (χ1v) is 12.6. The predicted octanol–water partition coefficient (Wildman–Crippen LogP) is 5.59. The van der Waals surface area contributed by atoms with E-state index in [9.17, 15) is 27.5 Å². The summed E-state index contributed by atoms with van der Waals surface area (Å²) in [5.41, 5.74) is 0.105. The minimum Gasteiger partial charge on any atom is -0.506 e. The van der Waals surface area contributed by atoms with Crippen molar-refractivity contribution < 1.29 is 27.5 Å². The van der Waals surface area contributed by atoms with Gasteiger partial charge in [-0.1, -0.05) is 42.3 Å². The molecule has 0 saturated carbocycles. The molecule has 0 saturated heterocycles. The van der Waals surface area contributed by atoms with Crippen molar-refractivity contribution >= 4 is 56.2 Å². The highest BCUT2D eigenvalue weighted by atomic mass is 35.5. The molecule has 3 N–H and O–H groups in total. The van der Waals surface area contributed by atoms with E-state index in [2.05, 4.69) is 10.6 Å². The lowest BCUT2D eigenvalue weighted by molar-refractivity contribution is -0.115. The summed E-state index contributed by atoms with van der Waals surface area (Å²) in [5, 5.41) is 13.7. The van der Waals surface area contributed by atoms with E-state index in [4.69, 9.17) is 23.2 Å². The van der Waals surface area contributed by atoms with Crippen LogP contribution in [0.15, 0.2) is 59.5 Å². The van der Waals surface area contributed by atoms with Crippen LogP contribution in [0.3, 0.4) is 0 Å². The molecule has 1 unspecified atom stereocenters. The number of aryl methyl sites for hydroxylation is 1. The third-order valence-electron chi connectivity index (χ3n) is 5.13. The molecule has 35 heavy (non-hydrogen) atoms. The summed E-state index contributed by atoms with van der Waals surface area (Å²) in [5.74, 6) is -3.20. The second-order valence-electron chi connectivity index (χ2n) is 7.68. The number of anilines is 2. The number of rotatable bonds is 7. The molecule has 3 rings (SSSR count). The molecule has 7 nitrogen and oxygen atoms in total. The topological polar surface area (TPSA) is 113 Å². The second kappa shape index (κ2) is 10.6. The van der Waals surface area contributed by atoms with Gasteiger partial charge in [-0.05, 0) is 49.2 Å². The number of phenolic OH excluding ortho intramolecular Hbond substituents is 1. The van der Waals surface area contributed by atoms with E-state index >= 15 is 0 Å². The number of hydrogen-bond donors (Lipinski definition) is 3. The van der Waals surface area contributed by atoms with Crippen molar-refractivity contribution in [3.05, 3.63) is 81.6 Å². The Labute approximate surface area is 211 Å². The number of benzene rings is 3. The molecular formula is C24H21Cl2FN2O5S. The first kappa shape index (κ1) is 26.5. The summed E-state index contributed by atoms with van der Waals surface area (Å²) in [6.07, 6.45) is -0.0620. The molecule has 1 atom stereocenters. The van der Waals surface area contributed by atoms with Gasteiger partial charge in [0, 0.05) is 17.7 Å². The van der Waals surface area contributed by atoms with E-state index in [-0.39, 0.29) is 32.6 Å². The number of halogens is 3. The van der Waals surface area contributed by atoms with Crippen LogP contribution in [0.1, 0.15) is 29.3 Å². The Morgan fingerprint density at radius 1 is 1.00 bits per heavy atom. The highest BCUT2D eigenvalue weighted by Gasteiger charge is 2.33. The van der Waals surface area contributed by atoms with E-state index in [0.29, 0.717) is 5.56 Å². The van der Waals surface area contributed by atoms with Gasteiger partial charge in [-0.25, -0.2) is 12.8 Å². The fourth-order valence-corrected chi connectivity index (χ4v) is 5.33. The minimum atomic E-state index is -4.05. The Kier molecular flexibility index (Phi) is 8.04. The summed E-state index contributed by atoms with van der Waals surface area (Å²) < 4.78 is 40.7. The van der Waals surface area contributed by atoms with Gasteiger partial charge in [0.25, 0.3) is 5.91 Å². The quantitative estimate of drug-likeness (QED) is 0.339. The van der Waals surface area contributed by atoms with Crippen LogP contribution in [0.4, 0.5) is 15.8 Å². The number of carbonyl (C=O) groups is 2. The monoisotopic (exact) mass is 538 g/mol. The lowest BCUT2D eigenvalue weighted by Crippen LogP contribution is -2.35. The van der Waals surface area contributed by atoms with Gasteiger partial charge < -0.3 is 15.7 Å². The van der Waals surface area contributed by atoms with E-state index in [1.54, 1.807) is 19.1 Å². The number of amides is 2. The molecule has 2 amide bonds. The molecule has 3 aromatic carbocycles. The Balaban J connectivity index is 1.81. The molecule has 0 fully saturated rings. The third kappa shape index (κ3) is 5.93. The summed E-state index contributed by atoms with van der Waals surface area (Å²) in [4.78, 5) is 25.2. The molecule has 184 valence electrons. The van der Waals surface area contributed by atoms with Crippen LogP contribution in [-0.4, -0.2) is 30.6 Å². The van der Waals surface area contributed by atoms with Gasteiger partial charge in [0.05, 0.1) is 26.3 Å². The van der Waals surface area contributed by atoms with Crippen LogP contribution < -0.4 is 10.6 Å². The van der Waals surface area contributed by atoms with Gasteiger partial charge in [0.15, 0.2) is 9.84 Å². The van der Waals surface area contributed by atoms with Crippen LogP contribution in [0.2, 0.25) is 10.0 Å². The fraction of sp³-hybridized carbons (Fsp3) is 0.167. The van der Waals surface area contributed by atoms with Gasteiger partial charge in [0.1, 0.15) is 16.8 Å². The normalized spacial score (nSPS) is 12.1. The SMILES string of the molecule is CCC(C(=O)Nc1cc(O)c(NC(=O)c2ccc(Cl)c(Cl)c2)cc1F)S(=O)(=O)c1cccc(C)c1. The molecule has 11 heteroatoms. The Bertz CT molecular complexity index is 1410. The van der Waals surface area contributed by atoms with Crippen LogP contribution in [0, 0.1) is 12.7 Å². The number of phenols is 1. The van der Waals surface area contributed by atoms with E-state index < -0.39 is 44.2 Å². The molecular weight excluding hydrogens is 518 g/mol. The van der Waals surface area contributed by atoms with E-state index in [1.807, 2.05) is 0 Å². The maximum absolute atomic E-state index is 14.7. The predicted molar refractivity (Wildman–Crippen MR) is 134 cm³/mol. The molecule has 0 aromatic heterocycles. The largest absolute Gasteiger partial charge is 0.506 e. The molecule has 0 aliphatic heterocycles. The summed E-state index contributed by atoms with van der Waals surface area (Å²) >= 11 is 11.7. The van der Waals surface area contributed by atoms with Crippen LogP contribution >= 0.6 is 23.2 Å². The lowest BCUT2D eigenvalue weighted by Gasteiger charge is -2.17. The summed E-state index contributed by atoms with van der Waals surface area (Å²) in [6.45, 7) is 3.24. The van der Waals surface area contributed by atoms with Gasteiger partial charge in [0.2, 0.25) is 5.91 Å². The first-order chi connectivity index (χ1) is 16.4. The van der Waals surface area contributed by atoms with Crippen molar-refractivity contribution in [2.45, 2.75) is 30.4 Å². The number of aromatic hydroxyl groups is 1. The van der Waals surface area contributed by atoms with Gasteiger partial charge >= 0.3 is 0 Å². The lowest BCUT2D eigenvalue weighted by atomic mass is 10.2. The third-order valence-corrected chi connectivity index (χ3v) is 8.08. The van der Waals surface area contributed by atoms with Crippen molar-refractivity contribution in [3.63, 3.8) is 0 Å². The highest BCUT2D eigenvalue weighted by Crippen LogP contribution is 2.31. The Morgan fingerprint density at radius 2 is 1.71 bits per heavy atom. The zero-order chi connectivity index (χ0) is 25.9.